The number of fused-ring (bicyclic) bond motifs is 2. The monoisotopic (exact) mass is 594 g/mol. The quantitative estimate of drug-likeness (QED) is 0.262. The van der Waals surface area contributed by atoms with E-state index >= 15 is 0 Å². The lowest BCUT2D eigenvalue weighted by Crippen LogP contribution is -2.45. The number of H-pyrrole nitrogens is 2. The van der Waals surface area contributed by atoms with Crippen molar-refractivity contribution in [1.82, 2.24) is 20.2 Å². The lowest BCUT2D eigenvalue weighted by Gasteiger charge is -2.38. The van der Waals surface area contributed by atoms with E-state index in [0.717, 1.165) is 48.7 Å². The molecule has 3 N–H and O–H groups in total. The van der Waals surface area contributed by atoms with Gasteiger partial charge in [-0.25, -0.2) is 0 Å². The van der Waals surface area contributed by atoms with Gasteiger partial charge in [-0.2, -0.15) is 0 Å². The van der Waals surface area contributed by atoms with E-state index in [9.17, 15) is 0 Å². The van der Waals surface area contributed by atoms with Gasteiger partial charge in [-0.15, -0.1) is 0 Å². The molecule has 3 heterocycles. The van der Waals surface area contributed by atoms with Crippen LogP contribution in [0.4, 0.5) is 0 Å². The molecule has 0 radical (unpaired) electrons. The van der Waals surface area contributed by atoms with Crippen molar-refractivity contribution >= 4 is 69.6 Å². The van der Waals surface area contributed by atoms with Gasteiger partial charge in [0.25, 0.3) is 0 Å². The summed E-state index contributed by atoms with van der Waals surface area (Å²) < 4.78 is 8.77. The Morgan fingerprint density at radius 3 is 2.63 bits per heavy atom. The average molecular weight is 597 g/mol. The highest BCUT2D eigenvalue weighted by molar-refractivity contribution is 9.13. The van der Waals surface area contributed by atoms with E-state index in [4.69, 9.17) is 4.74 Å². The van der Waals surface area contributed by atoms with E-state index in [1.807, 2.05) is 6.07 Å². The van der Waals surface area contributed by atoms with Crippen LogP contribution in [0.1, 0.15) is 23.2 Å². The second-order valence-corrected chi connectivity index (χ2v) is 10.3. The number of hydrogen-bond donors (Lipinski definition) is 3. The number of aromatic nitrogens is 2. The Morgan fingerprint density at radius 1 is 1.07 bits per heavy atom. The molecule has 0 saturated carbocycles. The molecule has 0 aliphatic carbocycles. The first-order chi connectivity index (χ1) is 14.5. The second kappa shape index (κ2) is 7.98. The molecule has 2 aromatic heterocycles. The van der Waals surface area contributed by atoms with Crippen LogP contribution in [-0.2, 0) is 0 Å². The minimum atomic E-state index is 0.210. The number of nitrogens with zero attached hydrogens (tertiary/aromatic N) is 1. The van der Waals surface area contributed by atoms with Gasteiger partial charge in [0.1, 0.15) is 5.75 Å². The third kappa shape index (κ3) is 3.33. The van der Waals surface area contributed by atoms with E-state index in [-0.39, 0.29) is 6.04 Å². The third-order valence-corrected chi connectivity index (χ3v) is 8.51. The Kier molecular flexibility index (Phi) is 5.48. The lowest BCUT2D eigenvalue weighted by atomic mass is 9.97. The molecule has 5 rings (SSSR count). The van der Waals surface area contributed by atoms with Crippen LogP contribution in [0.2, 0.25) is 0 Å². The predicted molar refractivity (Wildman–Crippen MR) is 132 cm³/mol. The van der Waals surface area contributed by atoms with Crippen molar-refractivity contribution in [2.75, 3.05) is 27.2 Å². The van der Waals surface area contributed by atoms with Gasteiger partial charge in [0.15, 0.2) is 0 Å². The lowest BCUT2D eigenvalue weighted by molar-refractivity contribution is 0.166. The SMILES string of the molecule is COc1cc(Br)c(Br)c2[nH]cc([C@@H]3CN(C)[C@@H](c4c[nH]c5cc(Br)ccc45)CN3)c12. The first-order valence-corrected chi connectivity index (χ1v) is 12.1. The molecule has 5 nitrogen and oxygen atoms in total. The maximum absolute atomic E-state index is 5.70. The van der Waals surface area contributed by atoms with Crippen LogP contribution in [0.25, 0.3) is 21.8 Å². The predicted octanol–water partition coefficient (Wildman–Crippen LogP) is 6.26. The highest BCUT2D eigenvalue weighted by atomic mass is 79.9. The van der Waals surface area contributed by atoms with Gasteiger partial charge in [0.05, 0.1) is 17.1 Å². The summed E-state index contributed by atoms with van der Waals surface area (Å²) in [6, 6.07) is 8.96. The number of hydrogen-bond acceptors (Lipinski definition) is 3. The molecule has 4 aromatic rings. The van der Waals surface area contributed by atoms with Crippen LogP contribution in [0.3, 0.4) is 0 Å². The van der Waals surface area contributed by atoms with Gasteiger partial charge in [-0.05, 0) is 68.2 Å². The standard InChI is InChI=1S/C22H21Br3N4O/c1-29-10-17(14-8-28-22-20(14)19(30-2)6-15(24)21(22)25)27-9-18(29)13-7-26-16-5-11(23)3-4-12(13)16/h3-8,17-18,26-28H,9-10H2,1-2H3/t17-,18+/m0/s1. The first kappa shape index (κ1) is 20.6. The molecule has 1 saturated heterocycles. The van der Waals surface area contributed by atoms with Gasteiger partial charge in [0.2, 0.25) is 0 Å². The van der Waals surface area contributed by atoms with Crippen LogP contribution in [0.15, 0.2) is 50.1 Å². The number of nitrogens with one attached hydrogen (secondary N) is 3. The van der Waals surface area contributed by atoms with Crippen molar-refractivity contribution in [2.24, 2.45) is 0 Å². The van der Waals surface area contributed by atoms with Crippen molar-refractivity contribution in [1.29, 1.82) is 0 Å². The summed E-state index contributed by atoms with van der Waals surface area (Å²) in [6.45, 7) is 1.77. The maximum Gasteiger partial charge on any atom is 0.129 e. The molecule has 2 aromatic carbocycles. The zero-order valence-electron chi connectivity index (χ0n) is 16.5. The molecular weight excluding hydrogens is 576 g/mol. The molecule has 30 heavy (non-hydrogen) atoms. The third-order valence-electron chi connectivity index (χ3n) is 6.03. The summed E-state index contributed by atoms with van der Waals surface area (Å²) in [5.41, 5.74) is 4.76. The Morgan fingerprint density at radius 2 is 1.87 bits per heavy atom. The largest absolute Gasteiger partial charge is 0.496 e. The Balaban J connectivity index is 1.47. The average Bonchev–Trinajstić information content (AvgIpc) is 3.35. The smallest absolute Gasteiger partial charge is 0.129 e. The van der Waals surface area contributed by atoms with Crippen LogP contribution < -0.4 is 10.1 Å². The van der Waals surface area contributed by atoms with Gasteiger partial charge in [-0.1, -0.05) is 22.0 Å². The normalized spacial score (nSPS) is 20.3. The zero-order valence-corrected chi connectivity index (χ0v) is 21.3. The molecule has 1 fully saturated rings. The topological polar surface area (TPSA) is 56.1 Å². The highest BCUT2D eigenvalue weighted by Crippen LogP contribution is 2.42. The number of rotatable bonds is 3. The van der Waals surface area contributed by atoms with Crippen molar-refractivity contribution in [3.05, 3.63) is 61.2 Å². The molecular formula is C22H21Br3N4O. The first-order valence-electron chi connectivity index (χ1n) is 9.71. The van der Waals surface area contributed by atoms with Gasteiger partial charge in [-0.3, -0.25) is 4.90 Å². The number of aromatic amines is 2. The van der Waals surface area contributed by atoms with E-state index in [0.29, 0.717) is 6.04 Å². The van der Waals surface area contributed by atoms with Crippen LogP contribution in [-0.4, -0.2) is 42.1 Å². The second-order valence-electron chi connectivity index (χ2n) is 7.72. The molecule has 0 bridgehead atoms. The molecule has 0 unspecified atom stereocenters. The molecule has 2 atom stereocenters. The number of likely N-dealkylation sites (N-methyl/N-ethyl adjacent to an activating group) is 1. The fourth-order valence-corrected chi connectivity index (χ4v) is 5.72. The van der Waals surface area contributed by atoms with E-state index in [2.05, 4.69) is 106 Å². The maximum atomic E-state index is 5.70. The summed E-state index contributed by atoms with van der Waals surface area (Å²) in [6.07, 6.45) is 4.24. The number of ether oxygens (including phenoxy) is 1. The fourth-order valence-electron chi connectivity index (χ4n) is 4.52. The Bertz CT molecular complexity index is 1250. The molecule has 0 amide bonds. The molecule has 1 aliphatic heterocycles. The summed E-state index contributed by atoms with van der Waals surface area (Å²) >= 11 is 10.8. The van der Waals surface area contributed by atoms with Crippen molar-refractivity contribution in [3.63, 3.8) is 0 Å². The van der Waals surface area contributed by atoms with Crippen LogP contribution >= 0.6 is 47.8 Å². The minimum absolute atomic E-state index is 0.210. The van der Waals surface area contributed by atoms with E-state index in [1.54, 1.807) is 7.11 Å². The molecule has 0 spiro atoms. The van der Waals surface area contributed by atoms with Crippen molar-refractivity contribution in [3.8, 4) is 5.75 Å². The van der Waals surface area contributed by atoms with Gasteiger partial charge >= 0.3 is 0 Å². The summed E-state index contributed by atoms with van der Waals surface area (Å²) in [5.74, 6) is 0.866. The summed E-state index contributed by atoms with van der Waals surface area (Å²) in [4.78, 5) is 9.28. The van der Waals surface area contributed by atoms with E-state index in [1.165, 1.54) is 16.5 Å². The highest BCUT2D eigenvalue weighted by Gasteiger charge is 2.31. The summed E-state index contributed by atoms with van der Waals surface area (Å²) in [7, 11) is 3.92. The van der Waals surface area contributed by atoms with Gasteiger partial charge < -0.3 is 20.0 Å². The molecule has 156 valence electrons. The Hall–Kier alpha value is -1.32. The molecule has 8 heteroatoms. The number of methoxy groups -OCH3 is 1. The van der Waals surface area contributed by atoms with E-state index < -0.39 is 0 Å². The number of halogens is 3. The van der Waals surface area contributed by atoms with Gasteiger partial charge in [0, 0.05) is 62.8 Å². The van der Waals surface area contributed by atoms with Crippen molar-refractivity contribution in [2.45, 2.75) is 12.1 Å². The molecule has 1 aliphatic rings. The zero-order chi connectivity index (χ0) is 21.0. The number of piperazine rings is 1. The van der Waals surface area contributed by atoms with Crippen LogP contribution in [0.5, 0.6) is 5.75 Å². The minimum Gasteiger partial charge on any atom is -0.496 e. The Labute approximate surface area is 199 Å². The summed E-state index contributed by atoms with van der Waals surface area (Å²) in [5, 5.41) is 6.17. The number of benzene rings is 2. The van der Waals surface area contributed by atoms with Crippen molar-refractivity contribution < 1.29 is 4.74 Å². The van der Waals surface area contributed by atoms with Crippen LogP contribution in [0, 0.1) is 0 Å². The fraction of sp³-hybridized carbons (Fsp3) is 0.273.